The quantitative estimate of drug-likeness (QED) is 0.571. The maximum absolute atomic E-state index is 13.1. The van der Waals surface area contributed by atoms with E-state index in [2.05, 4.69) is 39.3 Å². The minimum absolute atomic E-state index is 0.185. The molecule has 114 valence electrons. The summed E-state index contributed by atoms with van der Waals surface area (Å²) in [6.45, 7) is 2.05. The van der Waals surface area contributed by atoms with Crippen molar-refractivity contribution in [2.75, 3.05) is 5.32 Å². The second kappa shape index (κ2) is 7.64. The Morgan fingerprint density at radius 1 is 1.27 bits per heavy atom. The van der Waals surface area contributed by atoms with Gasteiger partial charge >= 0.3 is 0 Å². The highest BCUT2D eigenvalue weighted by molar-refractivity contribution is 14.1. The molecular weight excluding hydrogens is 414 g/mol. The molecule has 3 nitrogen and oxygen atoms in total. The van der Waals surface area contributed by atoms with Crippen LogP contribution in [0.1, 0.15) is 22.8 Å². The van der Waals surface area contributed by atoms with Crippen LogP contribution in [0.5, 0.6) is 0 Å². The number of rotatable bonds is 3. The number of thiocarbonyl (C=S) groups is 1. The third kappa shape index (κ3) is 4.48. The first-order valence-electron chi connectivity index (χ1n) is 6.66. The highest BCUT2D eigenvalue weighted by atomic mass is 127. The van der Waals surface area contributed by atoms with Crippen molar-refractivity contribution in [3.63, 3.8) is 0 Å². The lowest BCUT2D eigenvalue weighted by molar-refractivity contribution is 0.0977. The van der Waals surface area contributed by atoms with Crippen LogP contribution < -0.4 is 10.6 Å². The van der Waals surface area contributed by atoms with Crippen molar-refractivity contribution >= 4 is 51.5 Å². The molecule has 0 radical (unpaired) electrons. The molecule has 2 N–H and O–H groups in total. The molecule has 0 unspecified atom stereocenters. The molecule has 0 saturated heterocycles. The summed E-state index contributed by atoms with van der Waals surface area (Å²) in [6.07, 6.45) is 0.847. The van der Waals surface area contributed by atoms with Gasteiger partial charge < -0.3 is 5.32 Å². The van der Waals surface area contributed by atoms with Crippen LogP contribution in [0.15, 0.2) is 42.5 Å². The summed E-state index contributed by atoms with van der Waals surface area (Å²) >= 11 is 7.39. The number of carbonyl (C=O) groups excluding carboxylic acids is 1. The molecule has 1 amide bonds. The predicted molar refractivity (Wildman–Crippen MR) is 98.6 cm³/mol. The topological polar surface area (TPSA) is 41.1 Å². The number of anilines is 1. The Labute approximate surface area is 147 Å². The van der Waals surface area contributed by atoms with Crippen molar-refractivity contribution in [1.82, 2.24) is 5.32 Å². The van der Waals surface area contributed by atoms with Gasteiger partial charge in [0.25, 0.3) is 5.91 Å². The van der Waals surface area contributed by atoms with E-state index >= 15 is 0 Å². The molecule has 6 heteroatoms. The van der Waals surface area contributed by atoms with Crippen molar-refractivity contribution < 1.29 is 9.18 Å². The lowest BCUT2D eigenvalue weighted by atomic mass is 10.1. The normalized spacial score (nSPS) is 10.1. The van der Waals surface area contributed by atoms with E-state index in [9.17, 15) is 9.18 Å². The van der Waals surface area contributed by atoms with Crippen LogP contribution in [-0.2, 0) is 6.42 Å². The summed E-state index contributed by atoms with van der Waals surface area (Å²) in [5.41, 5.74) is 2.18. The van der Waals surface area contributed by atoms with E-state index in [0.29, 0.717) is 0 Å². The maximum Gasteiger partial charge on any atom is 0.257 e. The van der Waals surface area contributed by atoms with Gasteiger partial charge in [0.1, 0.15) is 5.82 Å². The first kappa shape index (κ1) is 16.8. The maximum atomic E-state index is 13.1. The predicted octanol–water partition coefficient (Wildman–Crippen LogP) is 4.12. The van der Waals surface area contributed by atoms with E-state index < -0.39 is 11.7 Å². The van der Waals surface area contributed by atoms with Crippen LogP contribution in [-0.4, -0.2) is 11.0 Å². The molecule has 0 spiro atoms. The second-order valence-electron chi connectivity index (χ2n) is 4.57. The Hall–Kier alpha value is -1.54. The van der Waals surface area contributed by atoms with Gasteiger partial charge in [0.05, 0.1) is 0 Å². The van der Waals surface area contributed by atoms with Crippen molar-refractivity contribution in [2.24, 2.45) is 0 Å². The van der Waals surface area contributed by atoms with Crippen molar-refractivity contribution in [1.29, 1.82) is 0 Å². The zero-order valence-electron chi connectivity index (χ0n) is 11.8. The van der Waals surface area contributed by atoms with Gasteiger partial charge in [-0.15, -0.1) is 0 Å². The Morgan fingerprint density at radius 3 is 2.73 bits per heavy atom. The second-order valence-corrected chi connectivity index (χ2v) is 6.23. The van der Waals surface area contributed by atoms with Crippen molar-refractivity contribution in [2.45, 2.75) is 13.3 Å². The number of benzene rings is 2. The van der Waals surface area contributed by atoms with Gasteiger partial charge in [-0.2, -0.15) is 0 Å². The third-order valence-corrected chi connectivity index (χ3v) is 3.89. The smallest absolute Gasteiger partial charge is 0.257 e. The van der Waals surface area contributed by atoms with E-state index in [0.717, 1.165) is 21.2 Å². The Kier molecular flexibility index (Phi) is 5.84. The number of carbonyl (C=O) groups is 1. The van der Waals surface area contributed by atoms with Crippen LogP contribution in [0.2, 0.25) is 0 Å². The summed E-state index contributed by atoms with van der Waals surface area (Å²) in [5, 5.41) is 5.74. The third-order valence-electron chi connectivity index (χ3n) is 3.01. The van der Waals surface area contributed by atoms with Crippen molar-refractivity contribution in [3.05, 3.63) is 63.0 Å². The van der Waals surface area contributed by atoms with E-state index in [-0.39, 0.29) is 10.7 Å². The summed E-state index contributed by atoms with van der Waals surface area (Å²) in [5.74, 6) is -0.905. The molecule has 2 aromatic carbocycles. The van der Waals surface area contributed by atoms with Crippen LogP contribution in [0.4, 0.5) is 10.1 Å². The van der Waals surface area contributed by atoms with Gasteiger partial charge in [-0.05, 0) is 83.2 Å². The molecule has 2 aromatic rings. The lowest BCUT2D eigenvalue weighted by Gasteiger charge is -2.13. The van der Waals surface area contributed by atoms with Crippen LogP contribution in [0.25, 0.3) is 0 Å². The zero-order valence-corrected chi connectivity index (χ0v) is 14.8. The molecule has 0 saturated carbocycles. The molecule has 2 rings (SSSR count). The highest BCUT2D eigenvalue weighted by Crippen LogP contribution is 2.19. The number of hydrogen-bond donors (Lipinski definition) is 2. The van der Waals surface area contributed by atoms with Gasteiger partial charge in [-0.3, -0.25) is 10.1 Å². The summed E-state index contributed by atoms with van der Waals surface area (Å²) in [6, 6.07) is 11.4. The minimum Gasteiger partial charge on any atom is -0.332 e. The molecule has 0 aliphatic rings. The summed E-state index contributed by atoms with van der Waals surface area (Å²) in [7, 11) is 0. The van der Waals surface area contributed by atoms with E-state index in [1.165, 1.54) is 24.3 Å². The summed E-state index contributed by atoms with van der Waals surface area (Å²) < 4.78 is 14.3. The fourth-order valence-corrected chi connectivity index (χ4v) is 2.69. The molecule has 0 bridgehead atoms. The van der Waals surface area contributed by atoms with E-state index in [4.69, 9.17) is 12.2 Å². The van der Waals surface area contributed by atoms with Gasteiger partial charge in [0.15, 0.2) is 5.11 Å². The number of halogens is 2. The van der Waals surface area contributed by atoms with Crippen LogP contribution >= 0.6 is 34.8 Å². The molecular formula is C16H14FIN2OS. The fourth-order valence-electron chi connectivity index (χ4n) is 1.94. The number of aryl methyl sites for hydroxylation is 1. The van der Waals surface area contributed by atoms with E-state index in [1.807, 2.05) is 19.1 Å². The largest absolute Gasteiger partial charge is 0.332 e. The SMILES string of the molecule is CCc1cc(I)ccc1NC(=S)NC(=O)c1cccc(F)c1. The molecule has 22 heavy (non-hydrogen) atoms. The van der Waals surface area contributed by atoms with Gasteiger partial charge in [-0.25, -0.2) is 4.39 Å². The highest BCUT2D eigenvalue weighted by Gasteiger charge is 2.10. The van der Waals surface area contributed by atoms with Crippen LogP contribution in [0.3, 0.4) is 0 Å². The molecule has 0 heterocycles. The van der Waals surface area contributed by atoms with Crippen LogP contribution in [0, 0.1) is 9.39 Å². The van der Waals surface area contributed by atoms with Crippen molar-refractivity contribution in [3.8, 4) is 0 Å². The Bertz CT molecular complexity index is 721. The molecule has 0 atom stereocenters. The number of amides is 1. The Balaban J connectivity index is 2.06. The molecule has 0 aliphatic carbocycles. The average Bonchev–Trinajstić information content (AvgIpc) is 2.49. The average molecular weight is 428 g/mol. The molecule has 0 aliphatic heterocycles. The summed E-state index contributed by atoms with van der Waals surface area (Å²) in [4.78, 5) is 12.0. The number of nitrogens with one attached hydrogen (secondary N) is 2. The number of hydrogen-bond acceptors (Lipinski definition) is 2. The molecule has 0 fully saturated rings. The van der Waals surface area contributed by atoms with Gasteiger partial charge in [0, 0.05) is 14.8 Å². The monoisotopic (exact) mass is 428 g/mol. The minimum atomic E-state index is -0.461. The zero-order chi connectivity index (χ0) is 16.1. The van der Waals surface area contributed by atoms with Gasteiger partial charge in [0.2, 0.25) is 0 Å². The first-order valence-corrected chi connectivity index (χ1v) is 8.14. The van der Waals surface area contributed by atoms with E-state index in [1.54, 1.807) is 0 Å². The first-order chi connectivity index (χ1) is 10.5. The van der Waals surface area contributed by atoms with Gasteiger partial charge in [-0.1, -0.05) is 13.0 Å². The molecule has 0 aromatic heterocycles. The fraction of sp³-hybridized carbons (Fsp3) is 0.125. The Morgan fingerprint density at radius 2 is 2.05 bits per heavy atom. The standard InChI is InChI=1S/C16H14FIN2OS/c1-2-10-9-13(18)6-7-14(10)19-16(22)20-15(21)11-4-3-5-12(17)8-11/h3-9H,2H2,1H3,(H2,19,20,21,22). The lowest BCUT2D eigenvalue weighted by Crippen LogP contribution is -2.34.